The largest absolute Gasteiger partial charge is 0.325 e. The van der Waals surface area contributed by atoms with Gasteiger partial charge in [-0.05, 0) is 57.1 Å². The van der Waals surface area contributed by atoms with Gasteiger partial charge in [-0.3, -0.25) is 9.69 Å². The molecule has 0 bridgehead atoms. The zero-order valence-corrected chi connectivity index (χ0v) is 12.8. The lowest BCUT2D eigenvalue weighted by Crippen LogP contribution is -2.32. The Morgan fingerprint density at radius 1 is 1.50 bits per heavy atom. The number of nitrogens with zero attached hydrogens (tertiary/aromatic N) is 1. The molecule has 5 heteroatoms. The van der Waals surface area contributed by atoms with Crippen LogP contribution in [0.15, 0.2) is 18.2 Å². The predicted molar refractivity (Wildman–Crippen MR) is 83.3 cm³/mol. The molecule has 2 rings (SSSR count). The molecule has 1 aromatic rings. The number of benzene rings is 1. The number of rotatable bonds is 5. The molecule has 1 saturated heterocycles. The van der Waals surface area contributed by atoms with E-state index in [-0.39, 0.29) is 5.91 Å². The lowest BCUT2D eigenvalue weighted by Gasteiger charge is -2.16. The molecular formula is C15H22ClN3O. The van der Waals surface area contributed by atoms with Crippen molar-refractivity contribution in [2.45, 2.75) is 13.3 Å². The van der Waals surface area contributed by atoms with Crippen LogP contribution in [0.2, 0.25) is 5.02 Å². The van der Waals surface area contributed by atoms with Gasteiger partial charge in [0.1, 0.15) is 0 Å². The molecule has 1 unspecified atom stereocenters. The summed E-state index contributed by atoms with van der Waals surface area (Å²) in [6.45, 7) is 5.37. The molecule has 0 saturated carbocycles. The standard InChI is InChI=1S/C15H22ClN3O/c1-11-13(16)4-3-5-14(11)18-15(20)10-19-7-6-12(9-19)8-17-2/h3-5,12,17H,6-10H2,1-2H3,(H,18,20). The topological polar surface area (TPSA) is 44.4 Å². The minimum Gasteiger partial charge on any atom is -0.325 e. The molecule has 1 fully saturated rings. The van der Waals surface area contributed by atoms with E-state index in [1.54, 1.807) is 0 Å². The second kappa shape index (κ2) is 7.07. The Hall–Kier alpha value is -1.10. The summed E-state index contributed by atoms with van der Waals surface area (Å²) in [4.78, 5) is 14.3. The maximum Gasteiger partial charge on any atom is 0.238 e. The van der Waals surface area contributed by atoms with Crippen molar-refractivity contribution in [2.24, 2.45) is 5.92 Å². The third kappa shape index (κ3) is 3.95. The summed E-state index contributed by atoms with van der Waals surface area (Å²) >= 11 is 6.05. The smallest absolute Gasteiger partial charge is 0.238 e. The van der Waals surface area contributed by atoms with Crippen molar-refractivity contribution in [3.8, 4) is 0 Å². The van der Waals surface area contributed by atoms with Crippen LogP contribution in [0, 0.1) is 12.8 Å². The molecule has 0 aliphatic carbocycles. The predicted octanol–water partition coefficient (Wildman–Crippen LogP) is 2.13. The monoisotopic (exact) mass is 295 g/mol. The van der Waals surface area contributed by atoms with Gasteiger partial charge in [0.15, 0.2) is 0 Å². The van der Waals surface area contributed by atoms with Gasteiger partial charge in [0.2, 0.25) is 5.91 Å². The van der Waals surface area contributed by atoms with Crippen LogP contribution in [-0.2, 0) is 4.79 Å². The maximum absolute atomic E-state index is 12.1. The number of amides is 1. The molecule has 1 heterocycles. The highest BCUT2D eigenvalue weighted by Crippen LogP contribution is 2.23. The number of hydrogen-bond donors (Lipinski definition) is 2. The van der Waals surface area contributed by atoms with E-state index >= 15 is 0 Å². The van der Waals surface area contributed by atoms with Crippen molar-refractivity contribution in [3.63, 3.8) is 0 Å². The van der Waals surface area contributed by atoms with Gasteiger partial charge < -0.3 is 10.6 Å². The van der Waals surface area contributed by atoms with Crippen LogP contribution in [0.25, 0.3) is 0 Å². The molecule has 1 atom stereocenters. The zero-order valence-electron chi connectivity index (χ0n) is 12.1. The first-order chi connectivity index (χ1) is 9.60. The van der Waals surface area contributed by atoms with E-state index in [1.807, 2.05) is 32.2 Å². The van der Waals surface area contributed by atoms with E-state index in [9.17, 15) is 4.79 Å². The first kappa shape index (κ1) is 15.3. The molecule has 4 nitrogen and oxygen atoms in total. The number of likely N-dealkylation sites (tertiary alicyclic amines) is 1. The molecule has 1 aromatic carbocycles. The van der Waals surface area contributed by atoms with Crippen molar-refractivity contribution >= 4 is 23.2 Å². The second-order valence-electron chi connectivity index (χ2n) is 5.41. The summed E-state index contributed by atoms with van der Waals surface area (Å²) in [7, 11) is 1.97. The summed E-state index contributed by atoms with van der Waals surface area (Å²) < 4.78 is 0. The second-order valence-corrected chi connectivity index (χ2v) is 5.82. The number of carbonyl (C=O) groups excluding carboxylic acids is 1. The van der Waals surface area contributed by atoms with Crippen LogP contribution in [0.4, 0.5) is 5.69 Å². The van der Waals surface area contributed by atoms with Gasteiger partial charge in [0, 0.05) is 17.3 Å². The van der Waals surface area contributed by atoms with Gasteiger partial charge in [0.05, 0.1) is 6.54 Å². The Labute approximate surface area is 125 Å². The number of anilines is 1. The Balaban J connectivity index is 1.86. The molecule has 0 spiro atoms. The lowest BCUT2D eigenvalue weighted by molar-refractivity contribution is -0.117. The van der Waals surface area contributed by atoms with E-state index in [4.69, 9.17) is 11.6 Å². The zero-order chi connectivity index (χ0) is 14.5. The first-order valence-corrected chi connectivity index (χ1v) is 7.40. The van der Waals surface area contributed by atoms with Gasteiger partial charge in [-0.2, -0.15) is 0 Å². The molecule has 1 aliphatic heterocycles. The quantitative estimate of drug-likeness (QED) is 0.875. The van der Waals surface area contributed by atoms with Gasteiger partial charge in [-0.25, -0.2) is 0 Å². The number of nitrogens with one attached hydrogen (secondary N) is 2. The van der Waals surface area contributed by atoms with Crippen molar-refractivity contribution in [3.05, 3.63) is 28.8 Å². The average Bonchev–Trinajstić information content (AvgIpc) is 2.83. The lowest BCUT2D eigenvalue weighted by atomic mass is 10.1. The molecule has 1 amide bonds. The molecule has 110 valence electrons. The normalized spacial score (nSPS) is 19.2. The molecule has 20 heavy (non-hydrogen) atoms. The van der Waals surface area contributed by atoms with Gasteiger partial charge >= 0.3 is 0 Å². The van der Waals surface area contributed by atoms with E-state index in [0.717, 1.165) is 37.3 Å². The van der Waals surface area contributed by atoms with E-state index in [1.165, 1.54) is 0 Å². The minimum absolute atomic E-state index is 0.0282. The maximum atomic E-state index is 12.1. The van der Waals surface area contributed by atoms with Crippen molar-refractivity contribution < 1.29 is 4.79 Å². The van der Waals surface area contributed by atoms with Crippen LogP contribution < -0.4 is 10.6 Å². The summed E-state index contributed by atoms with van der Waals surface area (Å²) in [6.07, 6.45) is 1.16. The Bertz CT molecular complexity index is 478. The van der Waals surface area contributed by atoms with Gasteiger partial charge in [0.25, 0.3) is 0 Å². The highest BCUT2D eigenvalue weighted by Gasteiger charge is 2.23. The highest BCUT2D eigenvalue weighted by atomic mass is 35.5. The van der Waals surface area contributed by atoms with Crippen molar-refractivity contribution in [2.75, 3.05) is 38.5 Å². The summed E-state index contributed by atoms with van der Waals surface area (Å²) in [5.41, 5.74) is 1.71. The first-order valence-electron chi connectivity index (χ1n) is 7.02. The number of hydrogen-bond acceptors (Lipinski definition) is 3. The fraction of sp³-hybridized carbons (Fsp3) is 0.533. The van der Waals surface area contributed by atoms with E-state index < -0.39 is 0 Å². The third-order valence-electron chi connectivity index (χ3n) is 3.77. The molecular weight excluding hydrogens is 274 g/mol. The fourth-order valence-corrected chi connectivity index (χ4v) is 2.82. The van der Waals surface area contributed by atoms with E-state index in [0.29, 0.717) is 17.5 Å². The molecule has 0 radical (unpaired) electrons. The van der Waals surface area contributed by atoms with Crippen LogP contribution in [0.3, 0.4) is 0 Å². The van der Waals surface area contributed by atoms with Crippen LogP contribution in [0.1, 0.15) is 12.0 Å². The number of halogens is 1. The fourth-order valence-electron chi connectivity index (χ4n) is 2.65. The summed E-state index contributed by atoms with van der Waals surface area (Å²) in [5.74, 6) is 0.682. The van der Waals surface area contributed by atoms with Crippen molar-refractivity contribution in [1.82, 2.24) is 10.2 Å². The molecule has 2 N–H and O–H groups in total. The minimum atomic E-state index is 0.0282. The van der Waals surface area contributed by atoms with Gasteiger partial charge in [-0.15, -0.1) is 0 Å². The number of carbonyl (C=O) groups is 1. The Morgan fingerprint density at radius 3 is 3.05 bits per heavy atom. The highest BCUT2D eigenvalue weighted by molar-refractivity contribution is 6.31. The van der Waals surface area contributed by atoms with E-state index in [2.05, 4.69) is 15.5 Å². The third-order valence-corrected chi connectivity index (χ3v) is 4.18. The SMILES string of the molecule is CNCC1CCN(CC(=O)Nc2cccc(Cl)c2C)C1. The molecule has 1 aliphatic rings. The summed E-state index contributed by atoms with van der Waals surface area (Å²) in [6, 6.07) is 5.56. The Kier molecular flexibility index (Phi) is 5.40. The molecule has 0 aromatic heterocycles. The summed E-state index contributed by atoms with van der Waals surface area (Å²) in [5, 5.41) is 6.82. The Morgan fingerprint density at radius 2 is 2.30 bits per heavy atom. The average molecular weight is 296 g/mol. The van der Waals surface area contributed by atoms with Crippen LogP contribution in [0.5, 0.6) is 0 Å². The van der Waals surface area contributed by atoms with Crippen LogP contribution >= 0.6 is 11.6 Å². The van der Waals surface area contributed by atoms with Crippen molar-refractivity contribution in [1.29, 1.82) is 0 Å². The van der Waals surface area contributed by atoms with Gasteiger partial charge in [-0.1, -0.05) is 17.7 Å². The van der Waals surface area contributed by atoms with Crippen LogP contribution in [-0.4, -0.2) is 44.0 Å².